The summed E-state index contributed by atoms with van der Waals surface area (Å²) in [7, 11) is 0. The van der Waals surface area contributed by atoms with Crippen molar-refractivity contribution < 1.29 is 4.79 Å². The van der Waals surface area contributed by atoms with Gasteiger partial charge in [0.25, 0.3) is 0 Å². The lowest BCUT2D eigenvalue weighted by atomic mass is 9.94. The second-order valence-electron chi connectivity index (χ2n) is 13.1. The van der Waals surface area contributed by atoms with Crippen molar-refractivity contribution in [2.75, 3.05) is 0 Å². The fourth-order valence-corrected chi connectivity index (χ4v) is 11.7. The van der Waals surface area contributed by atoms with E-state index in [1.165, 1.54) is 125 Å². The summed E-state index contributed by atoms with van der Waals surface area (Å²) in [6, 6.07) is 7.19. The largest absolute Gasteiger partial charge is 0.293 e. The van der Waals surface area contributed by atoms with Gasteiger partial charge in [0.15, 0.2) is 5.78 Å². The van der Waals surface area contributed by atoms with Crippen molar-refractivity contribution in [2.45, 2.75) is 143 Å². The summed E-state index contributed by atoms with van der Waals surface area (Å²) in [5.74, 6) is 0.522. The Balaban J connectivity index is 1.49. The van der Waals surface area contributed by atoms with Gasteiger partial charge in [-0.25, -0.2) is 0 Å². The number of carbonyl (C=O) groups is 1. The van der Waals surface area contributed by atoms with Gasteiger partial charge >= 0.3 is 0 Å². The molecule has 4 aromatic heterocycles. The highest BCUT2D eigenvalue weighted by molar-refractivity contribution is 7.29. The molecule has 0 saturated carbocycles. The number of carbonyl (C=O) groups excluding carboxylic acids is 1. The molecule has 0 spiro atoms. The van der Waals surface area contributed by atoms with Crippen LogP contribution in [0.5, 0.6) is 0 Å². The van der Waals surface area contributed by atoms with Crippen molar-refractivity contribution in [3.05, 3.63) is 45.0 Å². The van der Waals surface area contributed by atoms with Crippen LogP contribution in [0, 0.1) is 5.92 Å². The summed E-state index contributed by atoms with van der Waals surface area (Å²) in [5.41, 5.74) is 3.19. The highest BCUT2D eigenvalue weighted by Crippen LogP contribution is 2.48. The van der Waals surface area contributed by atoms with E-state index in [1.54, 1.807) is 27.2 Å². The summed E-state index contributed by atoms with van der Waals surface area (Å²) < 4.78 is 4.35. The van der Waals surface area contributed by atoms with E-state index in [2.05, 4.69) is 56.7 Å². The molecule has 4 heterocycles. The maximum absolute atomic E-state index is 13.5. The third-order valence-corrected chi connectivity index (χ3v) is 14.3. The lowest BCUT2D eigenvalue weighted by Crippen LogP contribution is -2.12. The van der Waals surface area contributed by atoms with E-state index >= 15 is 0 Å². The lowest BCUT2D eigenvalue weighted by molar-refractivity contribution is 0.0912. The first-order valence-electron chi connectivity index (χ1n) is 18.1. The minimum absolute atomic E-state index is 0.158. The summed E-state index contributed by atoms with van der Waals surface area (Å²) in [4.78, 5) is 17.2. The SMILES string of the molecule is CCCCCCCCc1c2cc(-c3scc4sc(C(=O)C(CC)CCCC)cc34)sc2c(CCCCCCCC)c2ccsc12. The zero-order chi connectivity index (χ0) is 31.6. The maximum atomic E-state index is 13.5. The van der Waals surface area contributed by atoms with Crippen LogP contribution in [-0.4, -0.2) is 5.78 Å². The number of hydrogen-bond acceptors (Lipinski definition) is 5. The summed E-state index contributed by atoms with van der Waals surface area (Å²) >= 11 is 7.58. The van der Waals surface area contributed by atoms with Crippen LogP contribution in [0.3, 0.4) is 0 Å². The van der Waals surface area contributed by atoms with Gasteiger partial charge in [-0.15, -0.1) is 45.3 Å². The monoisotopic (exact) mass is 678 g/mol. The molecule has 1 aromatic carbocycles. The van der Waals surface area contributed by atoms with E-state index in [1.807, 2.05) is 34.0 Å². The van der Waals surface area contributed by atoms with Crippen LogP contribution < -0.4 is 0 Å². The van der Waals surface area contributed by atoms with E-state index in [9.17, 15) is 4.79 Å². The standard InChI is InChI=1S/C40H54OS4/c1-5-9-12-14-16-18-21-29-31-23-24-42-38(31)30(22-19-17-15-13-10-6-2)32-25-35(45-39(29)32)40-33-26-34(44-36(33)27-43-40)37(41)28(8-4)20-11-7-3/h23-28H,5-22H2,1-4H3. The van der Waals surface area contributed by atoms with Crippen LogP contribution in [0.25, 0.3) is 40.0 Å². The van der Waals surface area contributed by atoms with E-state index in [0.717, 1.165) is 30.6 Å². The van der Waals surface area contributed by atoms with Crippen molar-refractivity contribution in [3.8, 4) is 9.75 Å². The van der Waals surface area contributed by atoms with Gasteiger partial charge in [-0.1, -0.05) is 105 Å². The molecule has 1 atom stereocenters. The molecule has 0 aliphatic carbocycles. The van der Waals surface area contributed by atoms with Gasteiger partial charge in [0, 0.05) is 35.7 Å². The molecule has 0 N–H and O–H groups in total. The summed E-state index contributed by atoms with van der Waals surface area (Å²) in [6.07, 6.45) is 22.6. The molecule has 0 amide bonds. The topological polar surface area (TPSA) is 17.1 Å². The van der Waals surface area contributed by atoms with Gasteiger partial charge in [0.2, 0.25) is 0 Å². The molecule has 0 bridgehead atoms. The van der Waals surface area contributed by atoms with Crippen LogP contribution in [0.15, 0.2) is 29.0 Å². The number of benzene rings is 1. The van der Waals surface area contributed by atoms with Crippen molar-refractivity contribution in [2.24, 2.45) is 5.92 Å². The summed E-state index contributed by atoms with van der Waals surface area (Å²) in [5, 5.41) is 8.96. The van der Waals surface area contributed by atoms with Gasteiger partial charge in [-0.3, -0.25) is 4.79 Å². The zero-order valence-corrected chi connectivity index (χ0v) is 31.5. The van der Waals surface area contributed by atoms with Gasteiger partial charge in [-0.2, -0.15) is 0 Å². The molecule has 1 nitrogen and oxygen atoms in total. The molecule has 45 heavy (non-hydrogen) atoms. The fraction of sp³-hybridized carbons (Fsp3) is 0.575. The third kappa shape index (κ3) is 8.31. The molecular weight excluding hydrogens is 625 g/mol. The first-order valence-corrected chi connectivity index (χ1v) is 21.5. The molecule has 5 rings (SSSR count). The van der Waals surface area contributed by atoms with Crippen molar-refractivity contribution in [1.82, 2.24) is 0 Å². The number of unbranched alkanes of at least 4 members (excludes halogenated alkanes) is 11. The van der Waals surface area contributed by atoms with Crippen LogP contribution in [0.4, 0.5) is 0 Å². The highest BCUT2D eigenvalue weighted by atomic mass is 32.1. The fourth-order valence-electron chi connectivity index (χ4n) is 6.97. The Morgan fingerprint density at radius 1 is 0.667 bits per heavy atom. The average Bonchev–Trinajstić information content (AvgIpc) is 3.85. The molecule has 5 aromatic rings. The number of fused-ring (bicyclic) bond motifs is 3. The molecule has 0 fully saturated rings. The van der Waals surface area contributed by atoms with Crippen molar-refractivity contribution >= 4 is 81.4 Å². The van der Waals surface area contributed by atoms with Gasteiger partial charge in [-0.05, 0) is 84.0 Å². The molecule has 0 saturated heterocycles. The Kier molecular flexibility index (Phi) is 13.6. The van der Waals surface area contributed by atoms with Crippen LogP contribution in [0.2, 0.25) is 0 Å². The van der Waals surface area contributed by atoms with Gasteiger partial charge in [0.1, 0.15) is 0 Å². The van der Waals surface area contributed by atoms with Crippen LogP contribution >= 0.6 is 45.3 Å². The van der Waals surface area contributed by atoms with E-state index in [-0.39, 0.29) is 5.92 Å². The quantitative estimate of drug-likeness (QED) is 0.0557. The summed E-state index contributed by atoms with van der Waals surface area (Å²) in [6.45, 7) is 9.00. The van der Waals surface area contributed by atoms with Crippen molar-refractivity contribution in [3.63, 3.8) is 0 Å². The number of rotatable bonds is 21. The smallest absolute Gasteiger partial charge is 0.175 e. The van der Waals surface area contributed by atoms with Crippen LogP contribution in [-0.2, 0) is 12.8 Å². The minimum Gasteiger partial charge on any atom is -0.293 e. The Morgan fingerprint density at radius 2 is 1.31 bits per heavy atom. The Bertz CT molecular complexity index is 1580. The second-order valence-corrected chi connectivity index (χ2v) is 17.0. The number of Topliss-reactive ketones (excluding diaryl/α,β-unsaturated/α-hetero) is 1. The Morgan fingerprint density at radius 3 is 1.98 bits per heavy atom. The van der Waals surface area contributed by atoms with Gasteiger partial charge < -0.3 is 0 Å². The normalized spacial score (nSPS) is 12.7. The molecule has 0 aliphatic rings. The highest BCUT2D eigenvalue weighted by Gasteiger charge is 2.23. The van der Waals surface area contributed by atoms with Crippen LogP contribution in [0.1, 0.15) is 151 Å². The predicted molar refractivity (Wildman–Crippen MR) is 208 cm³/mol. The number of aryl methyl sites for hydroxylation is 2. The van der Waals surface area contributed by atoms with Gasteiger partial charge in [0.05, 0.1) is 9.75 Å². The first-order chi connectivity index (χ1) is 22.1. The molecule has 1 unspecified atom stereocenters. The minimum atomic E-state index is 0.158. The predicted octanol–water partition coefficient (Wildman–Crippen LogP) is 15.3. The molecular formula is C40H54OS4. The average molecular weight is 679 g/mol. The maximum Gasteiger partial charge on any atom is 0.175 e. The number of thiophene rings is 4. The molecule has 244 valence electrons. The lowest BCUT2D eigenvalue weighted by Gasteiger charge is -2.12. The Hall–Kier alpha value is -1.53. The van der Waals surface area contributed by atoms with E-state index in [0.29, 0.717) is 5.78 Å². The third-order valence-electron chi connectivity index (χ3n) is 9.68. The van der Waals surface area contributed by atoms with E-state index in [4.69, 9.17) is 0 Å². The molecule has 0 radical (unpaired) electrons. The molecule has 0 aliphatic heterocycles. The van der Waals surface area contributed by atoms with E-state index < -0.39 is 0 Å². The second kappa shape index (κ2) is 17.6. The number of ketones is 1. The Labute approximate surface area is 288 Å². The number of hydrogen-bond donors (Lipinski definition) is 0. The molecule has 5 heteroatoms. The van der Waals surface area contributed by atoms with Crippen molar-refractivity contribution in [1.29, 1.82) is 0 Å². The zero-order valence-electron chi connectivity index (χ0n) is 28.2. The first kappa shape index (κ1) is 34.8.